The molecule has 0 bridgehead atoms. The topological polar surface area (TPSA) is 36.3 Å². The van der Waals surface area contributed by atoms with Crippen LogP contribution in [0.2, 0.25) is 0 Å². The van der Waals surface area contributed by atoms with Gasteiger partial charge in [-0.2, -0.15) is 0 Å². The lowest BCUT2D eigenvalue weighted by molar-refractivity contribution is 0.354. The van der Waals surface area contributed by atoms with Crippen LogP contribution < -0.4 is 9.47 Å². The normalized spacial score (nSPS) is 11.2. The Kier molecular flexibility index (Phi) is 4.24. The molecule has 0 fully saturated rings. The molecule has 0 aliphatic carbocycles. The summed E-state index contributed by atoms with van der Waals surface area (Å²) in [5, 5.41) is 0. The predicted octanol–water partition coefficient (Wildman–Crippen LogP) is 4.23. The SMILES string of the molecule is COc1ccc(Cc2nc3ccccc3n2C(C)C)cc1OC. The van der Waals surface area contributed by atoms with Crippen molar-refractivity contribution in [3.8, 4) is 11.5 Å². The maximum absolute atomic E-state index is 5.40. The van der Waals surface area contributed by atoms with Crippen LogP contribution in [0.15, 0.2) is 42.5 Å². The Balaban J connectivity index is 2.03. The second-order valence-corrected chi connectivity index (χ2v) is 5.85. The number of ether oxygens (including phenoxy) is 2. The fourth-order valence-corrected chi connectivity index (χ4v) is 2.97. The molecule has 0 aliphatic rings. The van der Waals surface area contributed by atoms with E-state index >= 15 is 0 Å². The highest BCUT2D eigenvalue weighted by molar-refractivity contribution is 5.76. The molecular weight excluding hydrogens is 288 g/mol. The van der Waals surface area contributed by atoms with Gasteiger partial charge in [-0.1, -0.05) is 18.2 Å². The molecule has 4 heteroatoms. The Hall–Kier alpha value is -2.49. The Labute approximate surface area is 136 Å². The summed E-state index contributed by atoms with van der Waals surface area (Å²) in [5.41, 5.74) is 3.37. The van der Waals surface area contributed by atoms with Crippen molar-refractivity contribution in [3.05, 3.63) is 53.9 Å². The number of hydrogen-bond acceptors (Lipinski definition) is 3. The van der Waals surface area contributed by atoms with E-state index in [0.29, 0.717) is 6.04 Å². The average molecular weight is 310 g/mol. The first-order chi connectivity index (χ1) is 11.1. The molecule has 0 saturated heterocycles. The molecule has 0 N–H and O–H groups in total. The fourth-order valence-electron chi connectivity index (χ4n) is 2.97. The number of benzene rings is 2. The smallest absolute Gasteiger partial charge is 0.161 e. The van der Waals surface area contributed by atoms with Crippen LogP contribution in [0.25, 0.3) is 11.0 Å². The average Bonchev–Trinajstić information content (AvgIpc) is 2.92. The van der Waals surface area contributed by atoms with Crippen molar-refractivity contribution in [2.24, 2.45) is 0 Å². The van der Waals surface area contributed by atoms with Gasteiger partial charge in [0.15, 0.2) is 11.5 Å². The zero-order valence-corrected chi connectivity index (χ0v) is 14.0. The van der Waals surface area contributed by atoms with Gasteiger partial charge in [0, 0.05) is 12.5 Å². The molecule has 3 aromatic rings. The van der Waals surface area contributed by atoms with Gasteiger partial charge < -0.3 is 14.0 Å². The number of hydrogen-bond donors (Lipinski definition) is 0. The van der Waals surface area contributed by atoms with Crippen molar-refractivity contribution in [2.45, 2.75) is 26.3 Å². The van der Waals surface area contributed by atoms with E-state index in [1.807, 2.05) is 18.2 Å². The van der Waals surface area contributed by atoms with Gasteiger partial charge in [-0.05, 0) is 43.7 Å². The first-order valence-electron chi connectivity index (χ1n) is 7.80. The van der Waals surface area contributed by atoms with Crippen molar-refractivity contribution in [3.63, 3.8) is 0 Å². The van der Waals surface area contributed by atoms with Crippen molar-refractivity contribution in [1.82, 2.24) is 9.55 Å². The molecule has 23 heavy (non-hydrogen) atoms. The summed E-state index contributed by atoms with van der Waals surface area (Å²) in [7, 11) is 3.31. The van der Waals surface area contributed by atoms with Crippen molar-refractivity contribution < 1.29 is 9.47 Å². The Morgan fingerprint density at radius 3 is 2.43 bits per heavy atom. The Morgan fingerprint density at radius 1 is 1.00 bits per heavy atom. The number of imidazole rings is 1. The molecule has 0 radical (unpaired) electrons. The van der Waals surface area contributed by atoms with Crippen LogP contribution in [0.5, 0.6) is 11.5 Å². The lowest BCUT2D eigenvalue weighted by Crippen LogP contribution is -2.07. The van der Waals surface area contributed by atoms with Crippen LogP contribution in [-0.2, 0) is 6.42 Å². The van der Waals surface area contributed by atoms with Gasteiger partial charge in [0.2, 0.25) is 0 Å². The molecule has 3 rings (SSSR count). The van der Waals surface area contributed by atoms with Crippen molar-refractivity contribution >= 4 is 11.0 Å². The van der Waals surface area contributed by atoms with Crippen LogP contribution >= 0.6 is 0 Å². The van der Waals surface area contributed by atoms with Crippen molar-refractivity contribution in [2.75, 3.05) is 14.2 Å². The zero-order chi connectivity index (χ0) is 16.4. The third-order valence-corrected chi connectivity index (χ3v) is 4.00. The summed E-state index contributed by atoms with van der Waals surface area (Å²) >= 11 is 0. The molecule has 0 atom stereocenters. The summed E-state index contributed by atoms with van der Waals surface area (Å²) in [6.45, 7) is 4.37. The quantitative estimate of drug-likeness (QED) is 0.707. The molecule has 0 unspecified atom stereocenters. The monoisotopic (exact) mass is 310 g/mol. The summed E-state index contributed by atoms with van der Waals surface area (Å²) in [6, 6.07) is 14.7. The van der Waals surface area contributed by atoms with E-state index in [-0.39, 0.29) is 0 Å². The van der Waals surface area contributed by atoms with E-state index in [0.717, 1.165) is 34.8 Å². The Morgan fingerprint density at radius 2 is 1.74 bits per heavy atom. The summed E-state index contributed by atoms with van der Waals surface area (Å²) < 4.78 is 13.0. The Bertz CT molecular complexity index is 821. The molecular formula is C19H22N2O2. The highest BCUT2D eigenvalue weighted by atomic mass is 16.5. The molecule has 4 nitrogen and oxygen atoms in total. The van der Waals surface area contributed by atoms with Gasteiger partial charge in [-0.25, -0.2) is 4.98 Å². The minimum atomic E-state index is 0.359. The highest BCUT2D eigenvalue weighted by Gasteiger charge is 2.14. The second kappa shape index (κ2) is 6.32. The van der Waals surface area contributed by atoms with Crippen LogP contribution in [0.1, 0.15) is 31.3 Å². The third-order valence-electron chi connectivity index (χ3n) is 4.00. The molecule has 0 saturated carbocycles. The van der Waals surface area contributed by atoms with E-state index in [4.69, 9.17) is 14.5 Å². The lowest BCUT2D eigenvalue weighted by Gasteiger charge is -2.14. The van der Waals surface area contributed by atoms with E-state index < -0.39 is 0 Å². The molecule has 2 aromatic carbocycles. The molecule has 0 aliphatic heterocycles. The molecule has 1 heterocycles. The van der Waals surface area contributed by atoms with Gasteiger partial charge in [0.25, 0.3) is 0 Å². The van der Waals surface area contributed by atoms with Crippen molar-refractivity contribution in [1.29, 1.82) is 0 Å². The van der Waals surface area contributed by atoms with Gasteiger partial charge in [-0.15, -0.1) is 0 Å². The van der Waals surface area contributed by atoms with Crippen LogP contribution in [0.4, 0.5) is 0 Å². The minimum absolute atomic E-state index is 0.359. The maximum Gasteiger partial charge on any atom is 0.161 e. The van der Waals surface area contributed by atoms with Gasteiger partial charge in [-0.3, -0.25) is 0 Å². The third kappa shape index (κ3) is 2.89. The standard InChI is InChI=1S/C19H22N2O2/c1-13(2)21-16-8-6-5-7-15(16)20-19(21)12-14-9-10-17(22-3)18(11-14)23-4/h5-11,13H,12H2,1-4H3. The van der Waals surface area contributed by atoms with E-state index in [1.54, 1.807) is 14.2 Å². The lowest BCUT2D eigenvalue weighted by atomic mass is 10.1. The number of methoxy groups -OCH3 is 2. The summed E-state index contributed by atoms with van der Waals surface area (Å²) in [6.07, 6.45) is 0.757. The number of nitrogens with zero attached hydrogens (tertiary/aromatic N) is 2. The first kappa shape index (κ1) is 15.4. The molecule has 1 aromatic heterocycles. The second-order valence-electron chi connectivity index (χ2n) is 5.85. The molecule has 0 spiro atoms. The number of rotatable bonds is 5. The zero-order valence-electron chi connectivity index (χ0n) is 14.0. The van der Waals surface area contributed by atoms with Crippen LogP contribution in [0.3, 0.4) is 0 Å². The van der Waals surface area contributed by atoms with E-state index in [9.17, 15) is 0 Å². The van der Waals surface area contributed by atoms with E-state index in [2.05, 4.69) is 42.7 Å². The predicted molar refractivity (Wildman–Crippen MR) is 92.5 cm³/mol. The number of fused-ring (bicyclic) bond motifs is 1. The largest absolute Gasteiger partial charge is 0.493 e. The van der Waals surface area contributed by atoms with Gasteiger partial charge >= 0.3 is 0 Å². The fraction of sp³-hybridized carbons (Fsp3) is 0.316. The van der Waals surface area contributed by atoms with Crippen LogP contribution in [-0.4, -0.2) is 23.8 Å². The van der Waals surface area contributed by atoms with E-state index in [1.165, 1.54) is 5.52 Å². The first-order valence-corrected chi connectivity index (χ1v) is 7.80. The maximum atomic E-state index is 5.40. The minimum Gasteiger partial charge on any atom is -0.493 e. The number of aromatic nitrogens is 2. The molecule has 120 valence electrons. The summed E-state index contributed by atoms with van der Waals surface area (Å²) in [5.74, 6) is 2.55. The number of para-hydroxylation sites is 2. The van der Waals surface area contributed by atoms with Gasteiger partial charge in [0.1, 0.15) is 5.82 Å². The highest BCUT2D eigenvalue weighted by Crippen LogP contribution is 2.29. The van der Waals surface area contributed by atoms with Gasteiger partial charge in [0.05, 0.1) is 25.3 Å². The molecule has 0 amide bonds. The summed E-state index contributed by atoms with van der Waals surface area (Å²) in [4.78, 5) is 4.82. The van der Waals surface area contributed by atoms with Crippen LogP contribution in [0, 0.1) is 0 Å².